The average Bonchev–Trinajstić information content (AvgIpc) is 2.41. The summed E-state index contributed by atoms with van der Waals surface area (Å²) in [6, 6.07) is 7.45. The van der Waals surface area contributed by atoms with E-state index in [1.165, 1.54) is 0 Å². The van der Waals surface area contributed by atoms with Gasteiger partial charge in [0, 0.05) is 7.11 Å². The van der Waals surface area contributed by atoms with Crippen LogP contribution < -0.4 is 0 Å². The highest BCUT2D eigenvalue weighted by Gasteiger charge is 2.40. The van der Waals surface area contributed by atoms with Crippen LogP contribution in [-0.4, -0.2) is 23.9 Å². The van der Waals surface area contributed by atoms with Crippen molar-refractivity contribution in [3.63, 3.8) is 0 Å². The van der Waals surface area contributed by atoms with E-state index in [0.29, 0.717) is 12.2 Å². The van der Waals surface area contributed by atoms with E-state index in [2.05, 4.69) is 0 Å². The van der Waals surface area contributed by atoms with E-state index >= 15 is 0 Å². The third kappa shape index (κ3) is 2.25. The highest BCUT2D eigenvalue weighted by molar-refractivity contribution is 5.55. The zero-order valence-corrected chi connectivity index (χ0v) is 11.6. The molecule has 0 fully saturated rings. The van der Waals surface area contributed by atoms with Crippen LogP contribution in [0.2, 0.25) is 0 Å². The smallest absolute Gasteiger partial charge is 0.112 e. The molecule has 2 rings (SSSR count). The molecule has 1 aromatic rings. The molecule has 1 aliphatic rings. The fourth-order valence-corrected chi connectivity index (χ4v) is 2.76. The summed E-state index contributed by atoms with van der Waals surface area (Å²) in [5.74, 6) is 0. The van der Waals surface area contributed by atoms with Crippen LogP contribution in [0.5, 0.6) is 0 Å². The normalized spacial score (nSPS) is 30.7. The number of rotatable bonds is 2. The molecular weight excluding hydrogens is 240 g/mol. The molecule has 0 amide bonds. The predicted octanol–water partition coefficient (Wildman–Crippen LogP) is 2.46. The number of methoxy groups -OCH3 is 1. The number of fused-ring (bicyclic) bond motifs is 1. The van der Waals surface area contributed by atoms with Gasteiger partial charge in [-0.05, 0) is 36.1 Å². The Bertz CT molecular complexity index is 527. The molecule has 0 saturated carbocycles. The maximum atomic E-state index is 10.8. The molecular formula is C16H20O3. The first kappa shape index (κ1) is 14.0. The van der Waals surface area contributed by atoms with Crippen molar-refractivity contribution in [1.82, 2.24) is 0 Å². The zero-order valence-electron chi connectivity index (χ0n) is 11.6. The second-order valence-corrected chi connectivity index (χ2v) is 4.88. The standard InChI is InChI=1S/C16H20O3/c1-4-13-12(9-10-19-3)15(17)11-7-5-6-8-14(11)16(13,2)18/h4-9,15,17-18H,10H2,1-3H3/b12-9+,13-4+. The van der Waals surface area contributed by atoms with E-state index in [9.17, 15) is 10.2 Å². The topological polar surface area (TPSA) is 49.7 Å². The molecule has 2 unspecified atom stereocenters. The Morgan fingerprint density at radius 1 is 1.37 bits per heavy atom. The van der Waals surface area contributed by atoms with Gasteiger partial charge in [-0.2, -0.15) is 0 Å². The van der Waals surface area contributed by atoms with E-state index in [-0.39, 0.29) is 0 Å². The lowest BCUT2D eigenvalue weighted by Crippen LogP contribution is -2.33. The summed E-state index contributed by atoms with van der Waals surface area (Å²) < 4.78 is 5.05. The minimum Gasteiger partial charge on any atom is -0.384 e. The van der Waals surface area contributed by atoms with E-state index in [1.54, 1.807) is 14.0 Å². The van der Waals surface area contributed by atoms with Gasteiger partial charge in [0.2, 0.25) is 0 Å². The lowest BCUT2D eigenvalue weighted by Gasteiger charge is -2.38. The number of aliphatic hydroxyl groups is 2. The van der Waals surface area contributed by atoms with Crippen molar-refractivity contribution in [2.75, 3.05) is 13.7 Å². The van der Waals surface area contributed by atoms with Crippen LogP contribution in [-0.2, 0) is 10.3 Å². The molecule has 2 N–H and O–H groups in total. The first-order valence-corrected chi connectivity index (χ1v) is 6.40. The van der Waals surface area contributed by atoms with Gasteiger partial charge in [0.25, 0.3) is 0 Å². The van der Waals surface area contributed by atoms with Gasteiger partial charge in [-0.25, -0.2) is 0 Å². The van der Waals surface area contributed by atoms with E-state index < -0.39 is 11.7 Å². The highest BCUT2D eigenvalue weighted by Crippen LogP contribution is 2.46. The van der Waals surface area contributed by atoms with Crippen molar-refractivity contribution in [3.05, 3.63) is 58.7 Å². The molecule has 1 aromatic carbocycles. The molecule has 2 atom stereocenters. The van der Waals surface area contributed by atoms with Gasteiger partial charge in [-0.3, -0.25) is 0 Å². The number of benzene rings is 1. The van der Waals surface area contributed by atoms with Crippen LogP contribution in [0.25, 0.3) is 0 Å². The molecule has 0 bridgehead atoms. The SMILES string of the molecule is C/C=C1\C(=C/COC)C(O)c2ccccc2C1(C)O. The molecule has 102 valence electrons. The summed E-state index contributed by atoms with van der Waals surface area (Å²) in [4.78, 5) is 0. The van der Waals surface area contributed by atoms with E-state index in [1.807, 2.05) is 43.3 Å². The van der Waals surface area contributed by atoms with Crippen molar-refractivity contribution in [1.29, 1.82) is 0 Å². The first-order valence-electron chi connectivity index (χ1n) is 6.40. The molecule has 0 radical (unpaired) electrons. The first-order chi connectivity index (χ1) is 9.04. The number of hydrogen-bond donors (Lipinski definition) is 2. The Morgan fingerprint density at radius 2 is 2.05 bits per heavy atom. The van der Waals surface area contributed by atoms with Gasteiger partial charge < -0.3 is 14.9 Å². The molecule has 0 heterocycles. The average molecular weight is 260 g/mol. The number of allylic oxidation sites excluding steroid dienone is 1. The van der Waals surface area contributed by atoms with Gasteiger partial charge >= 0.3 is 0 Å². The van der Waals surface area contributed by atoms with E-state index in [0.717, 1.165) is 16.7 Å². The lowest BCUT2D eigenvalue weighted by atomic mass is 9.72. The monoisotopic (exact) mass is 260 g/mol. The lowest BCUT2D eigenvalue weighted by molar-refractivity contribution is 0.0791. The summed E-state index contributed by atoms with van der Waals surface area (Å²) in [6.07, 6.45) is 2.95. The number of aliphatic hydroxyl groups excluding tert-OH is 1. The Labute approximate surface area is 113 Å². The van der Waals surface area contributed by atoms with Gasteiger partial charge in [0.15, 0.2) is 0 Å². The van der Waals surface area contributed by atoms with Crippen LogP contribution in [0.15, 0.2) is 47.6 Å². The Kier molecular flexibility index (Phi) is 3.90. The second kappa shape index (κ2) is 5.29. The maximum Gasteiger partial charge on any atom is 0.112 e. The second-order valence-electron chi connectivity index (χ2n) is 4.88. The quantitative estimate of drug-likeness (QED) is 0.858. The van der Waals surface area contributed by atoms with Crippen LogP contribution >= 0.6 is 0 Å². The van der Waals surface area contributed by atoms with E-state index in [4.69, 9.17) is 4.74 Å². The fraction of sp³-hybridized carbons (Fsp3) is 0.375. The minimum atomic E-state index is -1.09. The van der Waals surface area contributed by atoms with Gasteiger partial charge in [-0.15, -0.1) is 0 Å². The van der Waals surface area contributed by atoms with Gasteiger partial charge in [0.1, 0.15) is 11.7 Å². The molecule has 0 spiro atoms. The van der Waals surface area contributed by atoms with Crippen molar-refractivity contribution in [2.45, 2.75) is 25.6 Å². The van der Waals surface area contributed by atoms with Crippen molar-refractivity contribution in [3.8, 4) is 0 Å². The Morgan fingerprint density at radius 3 is 2.68 bits per heavy atom. The summed E-state index contributed by atoms with van der Waals surface area (Å²) >= 11 is 0. The number of ether oxygens (including phenoxy) is 1. The highest BCUT2D eigenvalue weighted by atomic mass is 16.5. The summed E-state index contributed by atoms with van der Waals surface area (Å²) in [7, 11) is 1.60. The van der Waals surface area contributed by atoms with Crippen LogP contribution in [0.3, 0.4) is 0 Å². The molecule has 0 aromatic heterocycles. The van der Waals surface area contributed by atoms with Crippen molar-refractivity contribution < 1.29 is 14.9 Å². The number of hydrogen-bond acceptors (Lipinski definition) is 3. The van der Waals surface area contributed by atoms with Crippen LogP contribution in [0.4, 0.5) is 0 Å². The molecule has 0 aliphatic heterocycles. The zero-order chi connectivity index (χ0) is 14.0. The molecule has 1 aliphatic carbocycles. The molecule has 19 heavy (non-hydrogen) atoms. The molecule has 0 saturated heterocycles. The van der Waals surface area contributed by atoms with Crippen LogP contribution in [0.1, 0.15) is 31.1 Å². The summed E-state index contributed by atoms with van der Waals surface area (Å²) in [5.41, 5.74) is 1.86. The third-order valence-electron chi connectivity index (χ3n) is 3.67. The third-order valence-corrected chi connectivity index (χ3v) is 3.67. The Hall–Kier alpha value is -1.42. The van der Waals surface area contributed by atoms with Crippen molar-refractivity contribution in [2.24, 2.45) is 0 Å². The fourth-order valence-electron chi connectivity index (χ4n) is 2.76. The van der Waals surface area contributed by atoms with Crippen molar-refractivity contribution >= 4 is 0 Å². The van der Waals surface area contributed by atoms with Gasteiger partial charge in [0.05, 0.1) is 6.61 Å². The van der Waals surface area contributed by atoms with Crippen LogP contribution in [0, 0.1) is 0 Å². The van der Waals surface area contributed by atoms with Gasteiger partial charge in [-0.1, -0.05) is 36.4 Å². The predicted molar refractivity (Wildman–Crippen MR) is 74.7 cm³/mol. The largest absolute Gasteiger partial charge is 0.384 e. The Balaban J connectivity index is 2.63. The molecule has 3 nitrogen and oxygen atoms in total. The maximum absolute atomic E-state index is 10.8. The summed E-state index contributed by atoms with van der Waals surface area (Å²) in [6.45, 7) is 4.03. The minimum absolute atomic E-state index is 0.405. The molecule has 3 heteroatoms. The summed E-state index contributed by atoms with van der Waals surface area (Å²) in [5, 5.41) is 21.3.